The van der Waals surface area contributed by atoms with Crippen molar-refractivity contribution in [3.63, 3.8) is 0 Å². The van der Waals surface area contributed by atoms with E-state index in [1.165, 1.54) is 4.90 Å². The molecule has 0 aliphatic carbocycles. The third-order valence-electron chi connectivity index (χ3n) is 5.81. The summed E-state index contributed by atoms with van der Waals surface area (Å²) in [5, 5.41) is 0. The number of ether oxygens (including phenoxy) is 2. The average molecular weight is 446 g/mol. The molecule has 2 rings (SSSR count). The number of rotatable bonds is 10. The van der Waals surface area contributed by atoms with Gasteiger partial charge in [0.25, 0.3) is 0 Å². The van der Waals surface area contributed by atoms with Crippen LogP contribution in [0.4, 0.5) is 4.79 Å². The summed E-state index contributed by atoms with van der Waals surface area (Å²) in [6.07, 6.45) is 3.67. The lowest BCUT2D eigenvalue weighted by molar-refractivity contribution is -0.158. The smallest absolute Gasteiger partial charge is 0.417 e. The summed E-state index contributed by atoms with van der Waals surface area (Å²) in [4.78, 5) is 40.0. The minimum Gasteiger partial charge on any atom is -0.460 e. The van der Waals surface area contributed by atoms with Crippen LogP contribution in [0.3, 0.4) is 0 Å². The van der Waals surface area contributed by atoms with Crippen LogP contribution in [0, 0.1) is 11.8 Å². The van der Waals surface area contributed by atoms with Crippen LogP contribution >= 0.6 is 0 Å². The fourth-order valence-corrected chi connectivity index (χ4v) is 4.24. The Labute approximate surface area is 192 Å². The molecule has 6 nitrogen and oxygen atoms in total. The summed E-state index contributed by atoms with van der Waals surface area (Å²) >= 11 is 0. The van der Waals surface area contributed by atoms with Gasteiger partial charge in [-0.2, -0.15) is 0 Å². The van der Waals surface area contributed by atoms with Crippen molar-refractivity contribution in [2.24, 2.45) is 11.8 Å². The number of carbonyl (C=O) groups is 3. The Morgan fingerprint density at radius 1 is 1.16 bits per heavy atom. The van der Waals surface area contributed by atoms with Crippen LogP contribution in [0.25, 0.3) is 0 Å². The number of esters is 1. The predicted octanol–water partition coefficient (Wildman–Crippen LogP) is 6.05. The minimum atomic E-state index is -0.649. The largest absolute Gasteiger partial charge is 0.460 e. The maximum atomic E-state index is 13.5. The van der Waals surface area contributed by atoms with E-state index >= 15 is 0 Å². The summed E-state index contributed by atoms with van der Waals surface area (Å²) in [5.41, 5.74) is 0.218. The van der Waals surface area contributed by atoms with Gasteiger partial charge < -0.3 is 9.47 Å². The van der Waals surface area contributed by atoms with Gasteiger partial charge in [0.1, 0.15) is 11.7 Å². The zero-order chi connectivity index (χ0) is 23.9. The summed E-state index contributed by atoms with van der Waals surface area (Å²) in [7, 11) is 0. The van der Waals surface area contributed by atoms with E-state index in [0.717, 1.165) is 31.2 Å². The molecule has 0 spiro atoms. The molecule has 32 heavy (non-hydrogen) atoms. The Kier molecular flexibility index (Phi) is 9.29. The number of hydrogen-bond acceptors (Lipinski definition) is 5. The van der Waals surface area contributed by atoms with Gasteiger partial charge in [-0.15, -0.1) is 0 Å². The Hall–Kier alpha value is -2.37. The van der Waals surface area contributed by atoms with E-state index in [0.29, 0.717) is 6.42 Å². The van der Waals surface area contributed by atoms with E-state index < -0.39 is 35.7 Å². The number of hydrogen-bond donors (Lipinski definition) is 0. The third-order valence-corrected chi connectivity index (χ3v) is 5.81. The molecule has 0 aromatic heterocycles. The molecule has 4 atom stereocenters. The van der Waals surface area contributed by atoms with Gasteiger partial charge in [-0.05, 0) is 45.6 Å². The first kappa shape index (κ1) is 25.9. The molecule has 1 aromatic rings. The molecule has 1 fully saturated rings. The molecule has 2 unspecified atom stereocenters. The first-order valence-electron chi connectivity index (χ1n) is 11.8. The van der Waals surface area contributed by atoms with Crippen LogP contribution in [0.1, 0.15) is 91.7 Å². The molecule has 0 radical (unpaired) electrons. The Bertz CT molecular complexity index is 770. The average Bonchev–Trinajstić information content (AvgIpc) is 3.00. The number of carbonyl (C=O) groups excluding carboxylic acids is 3. The van der Waals surface area contributed by atoms with Gasteiger partial charge in [0.2, 0.25) is 5.91 Å². The molecule has 6 heteroatoms. The zero-order valence-corrected chi connectivity index (χ0v) is 20.4. The highest BCUT2D eigenvalue weighted by atomic mass is 16.6. The zero-order valence-electron chi connectivity index (χ0n) is 20.4. The number of imide groups is 1. The number of amides is 2. The van der Waals surface area contributed by atoms with Crippen molar-refractivity contribution in [3.8, 4) is 0 Å². The van der Waals surface area contributed by atoms with E-state index in [4.69, 9.17) is 9.47 Å². The first-order chi connectivity index (χ1) is 15.0. The summed E-state index contributed by atoms with van der Waals surface area (Å²) in [6, 6.07) is 8.97. The Balaban J connectivity index is 2.18. The van der Waals surface area contributed by atoms with Crippen molar-refractivity contribution in [1.29, 1.82) is 0 Å². The Morgan fingerprint density at radius 3 is 2.41 bits per heavy atom. The lowest BCUT2D eigenvalue weighted by Gasteiger charge is -2.27. The molecule has 178 valence electrons. The van der Waals surface area contributed by atoms with Gasteiger partial charge in [0.15, 0.2) is 0 Å². The molecular weight excluding hydrogens is 406 g/mol. The van der Waals surface area contributed by atoms with Crippen LogP contribution in [-0.2, 0) is 19.1 Å². The maximum Gasteiger partial charge on any atom is 0.417 e. The Morgan fingerprint density at radius 2 is 1.81 bits per heavy atom. The third kappa shape index (κ3) is 7.35. The number of nitrogens with zero attached hydrogens (tertiary/aromatic N) is 1. The summed E-state index contributed by atoms with van der Waals surface area (Å²) in [5.74, 6) is -1.13. The van der Waals surface area contributed by atoms with Crippen molar-refractivity contribution >= 4 is 18.0 Å². The minimum absolute atomic E-state index is 0.0409. The molecule has 1 saturated heterocycles. The van der Waals surface area contributed by atoms with Gasteiger partial charge >= 0.3 is 12.1 Å². The quantitative estimate of drug-likeness (QED) is 0.324. The SMILES string of the molecule is CCCCC[C@@H](C)C[C@@H](CC(=O)OC(C)(C)C)C(=O)N1C(=O)OC(c2ccccc2)C1C. The highest BCUT2D eigenvalue weighted by Gasteiger charge is 2.45. The van der Waals surface area contributed by atoms with Gasteiger partial charge in [-0.3, -0.25) is 9.59 Å². The second-order valence-corrected chi connectivity index (χ2v) is 9.99. The maximum absolute atomic E-state index is 13.5. The fraction of sp³-hybridized carbons (Fsp3) is 0.654. The van der Waals surface area contributed by atoms with Crippen molar-refractivity contribution in [1.82, 2.24) is 4.90 Å². The number of benzene rings is 1. The second kappa shape index (κ2) is 11.5. The molecule has 1 aliphatic heterocycles. The van der Waals surface area contributed by atoms with Crippen LogP contribution in [0.2, 0.25) is 0 Å². The fourth-order valence-electron chi connectivity index (χ4n) is 4.24. The second-order valence-electron chi connectivity index (χ2n) is 9.99. The van der Waals surface area contributed by atoms with Crippen LogP contribution in [0.15, 0.2) is 30.3 Å². The van der Waals surface area contributed by atoms with Crippen LogP contribution < -0.4 is 0 Å². The van der Waals surface area contributed by atoms with Crippen molar-refractivity contribution in [2.75, 3.05) is 0 Å². The number of cyclic esters (lactones) is 1. The molecular formula is C26H39NO5. The lowest BCUT2D eigenvalue weighted by atomic mass is 9.88. The van der Waals surface area contributed by atoms with Gasteiger partial charge in [0, 0.05) is 5.92 Å². The van der Waals surface area contributed by atoms with Crippen molar-refractivity contribution in [2.45, 2.75) is 97.8 Å². The molecule has 2 amide bonds. The first-order valence-corrected chi connectivity index (χ1v) is 11.8. The van der Waals surface area contributed by atoms with Crippen molar-refractivity contribution < 1.29 is 23.9 Å². The number of unbranched alkanes of at least 4 members (excludes halogenated alkanes) is 2. The van der Waals surface area contributed by atoms with Crippen LogP contribution in [-0.4, -0.2) is 34.5 Å². The molecule has 0 saturated carbocycles. The molecule has 1 heterocycles. The molecule has 1 aliphatic rings. The van der Waals surface area contributed by atoms with Gasteiger partial charge in [0.05, 0.1) is 12.5 Å². The lowest BCUT2D eigenvalue weighted by Crippen LogP contribution is -2.43. The normalized spacial score (nSPS) is 20.6. The highest BCUT2D eigenvalue weighted by Crippen LogP contribution is 2.35. The van der Waals surface area contributed by atoms with E-state index in [-0.39, 0.29) is 18.2 Å². The predicted molar refractivity (Wildman–Crippen MR) is 124 cm³/mol. The molecule has 0 bridgehead atoms. The highest BCUT2D eigenvalue weighted by molar-refractivity contribution is 5.96. The van der Waals surface area contributed by atoms with Crippen molar-refractivity contribution in [3.05, 3.63) is 35.9 Å². The topological polar surface area (TPSA) is 72.9 Å². The van der Waals surface area contributed by atoms with Gasteiger partial charge in [-0.1, -0.05) is 69.9 Å². The van der Waals surface area contributed by atoms with Gasteiger partial charge in [-0.25, -0.2) is 9.69 Å². The standard InChI is InChI=1S/C26H39NO5/c1-7-8-10-13-18(2)16-21(17-22(28)32-26(4,5)6)24(29)27-19(3)23(31-25(27)30)20-14-11-9-12-15-20/h9,11-12,14-15,18-19,21,23H,7-8,10,13,16-17H2,1-6H3/t18-,19?,21+,23?/m1/s1. The summed E-state index contributed by atoms with van der Waals surface area (Å²) in [6.45, 7) is 11.5. The van der Waals surface area contributed by atoms with E-state index in [2.05, 4.69) is 13.8 Å². The molecule has 1 aromatic carbocycles. The van der Waals surface area contributed by atoms with Crippen LogP contribution in [0.5, 0.6) is 0 Å². The van der Waals surface area contributed by atoms with E-state index in [9.17, 15) is 14.4 Å². The van der Waals surface area contributed by atoms with E-state index in [1.807, 2.05) is 37.3 Å². The monoisotopic (exact) mass is 445 g/mol. The molecule has 0 N–H and O–H groups in total. The summed E-state index contributed by atoms with van der Waals surface area (Å²) < 4.78 is 11.0. The van der Waals surface area contributed by atoms with E-state index in [1.54, 1.807) is 20.8 Å².